The second-order valence-electron chi connectivity index (χ2n) is 4.77. The summed E-state index contributed by atoms with van der Waals surface area (Å²) >= 11 is 0. The van der Waals surface area contributed by atoms with Gasteiger partial charge in [0.05, 0.1) is 19.3 Å². The first kappa shape index (κ1) is 14.2. The lowest BCUT2D eigenvalue weighted by atomic mass is 10.1. The van der Waals surface area contributed by atoms with Crippen LogP contribution in [0.2, 0.25) is 0 Å². The van der Waals surface area contributed by atoms with Crippen molar-refractivity contribution in [1.29, 1.82) is 0 Å². The number of aliphatic hydroxyl groups excluding tert-OH is 1. The van der Waals surface area contributed by atoms with Crippen molar-refractivity contribution in [3.63, 3.8) is 0 Å². The SMILES string of the molecule is CCOc1ccc(C(O)CNC2CC2)cc1OCC. The molecule has 1 atom stereocenters. The van der Waals surface area contributed by atoms with E-state index in [2.05, 4.69) is 5.32 Å². The molecule has 0 aromatic heterocycles. The number of nitrogens with one attached hydrogen (secondary N) is 1. The molecule has 0 saturated heterocycles. The molecule has 1 fully saturated rings. The molecule has 1 aromatic rings. The number of benzene rings is 1. The smallest absolute Gasteiger partial charge is 0.161 e. The molecule has 2 rings (SSSR count). The highest BCUT2D eigenvalue weighted by Gasteiger charge is 2.22. The zero-order valence-corrected chi connectivity index (χ0v) is 11.7. The molecule has 106 valence electrons. The Kier molecular flexibility index (Phi) is 5.05. The number of hydrogen-bond donors (Lipinski definition) is 2. The van der Waals surface area contributed by atoms with Crippen LogP contribution in [0.25, 0.3) is 0 Å². The highest BCUT2D eigenvalue weighted by molar-refractivity contribution is 5.43. The minimum absolute atomic E-state index is 0.504. The summed E-state index contributed by atoms with van der Waals surface area (Å²) in [6, 6.07) is 6.23. The standard InChI is InChI=1S/C15H23NO3/c1-3-18-14-8-5-11(9-15(14)19-4-2)13(17)10-16-12-6-7-12/h5,8-9,12-13,16-17H,3-4,6-7,10H2,1-2H3. The van der Waals surface area contributed by atoms with Crippen molar-refractivity contribution in [1.82, 2.24) is 5.32 Å². The largest absolute Gasteiger partial charge is 0.490 e. The fraction of sp³-hybridized carbons (Fsp3) is 0.600. The summed E-state index contributed by atoms with van der Waals surface area (Å²) in [5.41, 5.74) is 0.861. The second kappa shape index (κ2) is 6.78. The van der Waals surface area contributed by atoms with Crippen molar-refractivity contribution >= 4 is 0 Å². The fourth-order valence-electron chi connectivity index (χ4n) is 1.96. The molecule has 1 aliphatic carbocycles. The van der Waals surface area contributed by atoms with Crippen LogP contribution in [0.4, 0.5) is 0 Å². The van der Waals surface area contributed by atoms with Gasteiger partial charge >= 0.3 is 0 Å². The molecule has 1 unspecified atom stereocenters. The molecule has 0 spiro atoms. The molecule has 0 radical (unpaired) electrons. The lowest BCUT2D eigenvalue weighted by Gasteiger charge is -2.16. The maximum Gasteiger partial charge on any atom is 0.161 e. The maximum absolute atomic E-state index is 10.2. The van der Waals surface area contributed by atoms with E-state index in [1.54, 1.807) is 0 Å². The Morgan fingerprint density at radius 3 is 2.53 bits per heavy atom. The quantitative estimate of drug-likeness (QED) is 0.757. The highest BCUT2D eigenvalue weighted by atomic mass is 16.5. The van der Waals surface area contributed by atoms with E-state index in [0.29, 0.717) is 31.5 Å². The zero-order chi connectivity index (χ0) is 13.7. The summed E-state index contributed by atoms with van der Waals surface area (Å²) in [6.07, 6.45) is 1.94. The lowest BCUT2D eigenvalue weighted by molar-refractivity contribution is 0.173. The van der Waals surface area contributed by atoms with Crippen LogP contribution < -0.4 is 14.8 Å². The Hall–Kier alpha value is -1.26. The van der Waals surface area contributed by atoms with Crippen LogP contribution in [0.3, 0.4) is 0 Å². The van der Waals surface area contributed by atoms with Crippen molar-refractivity contribution in [3.8, 4) is 11.5 Å². The molecule has 1 aromatic carbocycles. The summed E-state index contributed by atoms with van der Waals surface area (Å²) in [7, 11) is 0. The van der Waals surface area contributed by atoms with Crippen molar-refractivity contribution in [3.05, 3.63) is 23.8 Å². The molecule has 19 heavy (non-hydrogen) atoms. The third-order valence-electron chi connectivity index (χ3n) is 3.13. The van der Waals surface area contributed by atoms with Crippen LogP contribution in [0, 0.1) is 0 Å². The molecule has 4 nitrogen and oxygen atoms in total. The van der Waals surface area contributed by atoms with Gasteiger partial charge in [-0.25, -0.2) is 0 Å². The average molecular weight is 265 g/mol. The molecule has 0 heterocycles. The topological polar surface area (TPSA) is 50.7 Å². The maximum atomic E-state index is 10.2. The summed E-state index contributed by atoms with van der Waals surface area (Å²) in [5.74, 6) is 1.43. The van der Waals surface area contributed by atoms with E-state index in [-0.39, 0.29) is 0 Å². The Balaban J connectivity index is 2.04. The van der Waals surface area contributed by atoms with Crippen LogP contribution in [0.5, 0.6) is 11.5 Å². The second-order valence-corrected chi connectivity index (χ2v) is 4.77. The Labute approximate surface area is 114 Å². The van der Waals surface area contributed by atoms with Gasteiger partial charge in [-0.1, -0.05) is 6.07 Å². The minimum atomic E-state index is -0.504. The average Bonchev–Trinajstić information content (AvgIpc) is 3.22. The molecular formula is C15H23NO3. The van der Waals surface area contributed by atoms with E-state index in [0.717, 1.165) is 11.3 Å². The van der Waals surface area contributed by atoms with E-state index in [4.69, 9.17) is 9.47 Å². The molecule has 0 aliphatic heterocycles. The van der Waals surface area contributed by atoms with Gasteiger partial charge < -0.3 is 19.9 Å². The fourth-order valence-corrected chi connectivity index (χ4v) is 1.96. The van der Waals surface area contributed by atoms with Crippen LogP contribution >= 0.6 is 0 Å². The third-order valence-corrected chi connectivity index (χ3v) is 3.13. The van der Waals surface area contributed by atoms with E-state index < -0.39 is 6.10 Å². The first-order chi connectivity index (χ1) is 9.24. The molecular weight excluding hydrogens is 242 g/mol. The van der Waals surface area contributed by atoms with Gasteiger partial charge in [0.25, 0.3) is 0 Å². The first-order valence-electron chi connectivity index (χ1n) is 7.05. The van der Waals surface area contributed by atoms with Crippen molar-refractivity contribution in [2.75, 3.05) is 19.8 Å². The van der Waals surface area contributed by atoms with Gasteiger partial charge in [0, 0.05) is 12.6 Å². The number of hydrogen-bond acceptors (Lipinski definition) is 4. The van der Waals surface area contributed by atoms with Crippen LogP contribution in [-0.4, -0.2) is 30.9 Å². The van der Waals surface area contributed by atoms with E-state index >= 15 is 0 Å². The van der Waals surface area contributed by atoms with Crippen molar-refractivity contribution in [2.24, 2.45) is 0 Å². The van der Waals surface area contributed by atoms with Crippen LogP contribution in [0.1, 0.15) is 38.4 Å². The zero-order valence-electron chi connectivity index (χ0n) is 11.7. The molecule has 4 heteroatoms. The molecule has 0 amide bonds. The highest BCUT2D eigenvalue weighted by Crippen LogP contribution is 2.31. The van der Waals surface area contributed by atoms with E-state index in [1.807, 2.05) is 32.0 Å². The molecule has 1 saturated carbocycles. The van der Waals surface area contributed by atoms with Gasteiger partial charge in [0.15, 0.2) is 11.5 Å². The summed E-state index contributed by atoms with van der Waals surface area (Å²) in [5, 5.41) is 13.5. The minimum Gasteiger partial charge on any atom is -0.490 e. The summed E-state index contributed by atoms with van der Waals surface area (Å²) in [6.45, 7) is 5.65. The number of aliphatic hydroxyl groups is 1. The van der Waals surface area contributed by atoms with E-state index in [1.165, 1.54) is 12.8 Å². The first-order valence-corrected chi connectivity index (χ1v) is 7.05. The molecule has 1 aliphatic rings. The van der Waals surface area contributed by atoms with Gasteiger partial charge in [-0.15, -0.1) is 0 Å². The monoisotopic (exact) mass is 265 g/mol. The lowest BCUT2D eigenvalue weighted by Crippen LogP contribution is -2.23. The Morgan fingerprint density at radius 2 is 1.89 bits per heavy atom. The summed E-state index contributed by atoms with van der Waals surface area (Å²) in [4.78, 5) is 0. The van der Waals surface area contributed by atoms with Gasteiger partial charge in [-0.05, 0) is 44.4 Å². The Morgan fingerprint density at radius 1 is 1.21 bits per heavy atom. The van der Waals surface area contributed by atoms with Gasteiger partial charge in [-0.3, -0.25) is 0 Å². The summed E-state index contributed by atoms with van der Waals surface area (Å²) < 4.78 is 11.1. The molecule has 0 bridgehead atoms. The van der Waals surface area contributed by atoms with Gasteiger partial charge in [0.1, 0.15) is 0 Å². The van der Waals surface area contributed by atoms with E-state index in [9.17, 15) is 5.11 Å². The van der Waals surface area contributed by atoms with Crippen molar-refractivity contribution in [2.45, 2.75) is 38.8 Å². The van der Waals surface area contributed by atoms with Gasteiger partial charge in [0.2, 0.25) is 0 Å². The Bertz CT molecular complexity index is 404. The number of ether oxygens (including phenoxy) is 2. The van der Waals surface area contributed by atoms with Crippen LogP contribution in [-0.2, 0) is 0 Å². The normalized spacial score (nSPS) is 16.2. The molecule has 2 N–H and O–H groups in total. The van der Waals surface area contributed by atoms with Gasteiger partial charge in [-0.2, -0.15) is 0 Å². The predicted octanol–water partition coefficient (Wildman–Crippen LogP) is 2.27. The van der Waals surface area contributed by atoms with Crippen molar-refractivity contribution < 1.29 is 14.6 Å². The third kappa shape index (κ3) is 4.11. The number of rotatable bonds is 8. The predicted molar refractivity (Wildman–Crippen MR) is 74.8 cm³/mol. The van der Waals surface area contributed by atoms with Crippen LogP contribution in [0.15, 0.2) is 18.2 Å².